The molecule has 58 valence electrons. The number of amides is 1. The maximum atomic E-state index is 12.7. The Morgan fingerprint density at radius 1 is 1.64 bits per heavy atom. The first-order valence-electron chi connectivity index (χ1n) is 3.07. The molecule has 11 heavy (non-hydrogen) atoms. The second-order valence-electron chi connectivity index (χ2n) is 2.05. The summed E-state index contributed by atoms with van der Waals surface area (Å²) < 4.78 is 12.7. The lowest BCUT2D eigenvalue weighted by Gasteiger charge is -1.99. The number of halogens is 1. The van der Waals surface area contributed by atoms with Crippen molar-refractivity contribution < 1.29 is 9.18 Å². The van der Waals surface area contributed by atoms with Gasteiger partial charge in [0.2, 0.25) is 12.4 Å². The van der Waals surface area contributed by atoms with E-state index in [-0.39, 0.29) is 5.69 Å². The van der Waals surface area contributed by atoms with E-state index in [1.54, 1.807) is 13.0 Å². The summed E-state index contributed by atoms with van der Waals surface area (Å²) in [5.41, 5.74) is 0.685. The summed E-state index contributed by atoms with van der Waals surface area (Å²) in [4.78, 5) is 13.4. The van der Waals surface area contributed by atoms with Gasteiger partial charge in [-0.05, 0) is 19.1 Å². The Morgan fingerprint density at radius 2 is 2.36 bits per heavy atom. The van der Waals surface area contributed by atoms with Gasteiger partial charge in [0.25, 0.3) is 0 Å². The van der Waals surface area contributed by atoms with Crippen molar-refractivity contribution in [2.24, 2.45) is 0 Å². The molecule has 1 N–H and O–H groups in total. The van der Waals surface area contributed by atoms with Gasteiger partial charge in [-0.25, -0.2) is 4.98 Å². The summed E-state index contributed by atoms with van der Waals surface area (Å²) in [6.45, 7) is 1.67. The van der Waals surface area contributed by atoms with E-state index >= 15 is 0 Å². The average molecular weight is 154 g/mol. The molecule has 1 amide bonds. The molecule has 0 spiro atoms. The molecule has 4 heteroatoms. The van der Waals surface area contributed by atoms with Gasteiger partial charge in [-0.2, -0.15) is 4.39 Å². The van der Waals surface area contributed by atoms with Crippen molar-refractivity contribution in [1.82, 2.24) is 4.98 Å². The first-order chi connectivity index (χ1) is 5.24. The molecule has 1 aromatic heterocycles. The van der Waals surface area contributed by atoms with Crippen LogP contribution < -0.4 is 5.32 Å². The van der Waals surface area contributed by atoms with E-state index in [1.165, 1.54) is 6.07 Å². The maximum absolute atomic E-state index is 12.7. The van der Waals surface area contributed by atoms with Crippen molar-refractivity contribution in [3.8, 4) is 0 Å². The van der Waals surface area contributed by atoms with Gasteiger partial charge in [0.1, 0.15) is 0 Å². The van der Waals surface area contributed by atoms with Crippen LogP contribution in [0.5, 0.6) is 0 Å². The molecule has 0 aliphatic heterocycles. The molecule has 0 aliphatic rings. The van der Waals surface area contributed by atoms with Crippen molar-refractivity contribution in [3.63, 3.8) is 0 Å². The third-order valence-corrected chi connectivity index (χ3v) is 1.20. The van der Waals surface area contributed by atoms with Crippen LogP contribution in [0.4, 0.5) is 10.1 Å². The van der Waals surface area contributed by atoms with Gasteiger partial charge in [-0.15, -0.1) is 0 Å². The van der Waals surface area contributed by atoms with Crippen molar-refractivity contribution >= 4 is 12.1 Å². The SMILES string of the molecule is Cc1ccc(NC=O)c(F)n1. The van der Waals surface area contributed by atoms with Crippen molar-refractivity contribution in [2.75, 3.05) is 5.32 Å². The summed E-state index contributed by atoms with van der Waals surface area (Å²) in [5, 5.41) is 2.18. The monoisotopic (exact) mass is 154 g/mol. The fourth-order valence-electron chi connectivity index (χ4n) is 0.696. The van der Waals surface area contributed by atoms with Crippen LogP contribution in [0.15, 0.2) is 12.1 Å². The van der Waals surface area contributed by atoms with Gasteiger partial charge < -0.3 is 5.32 Å². The lowest BCUT2D eigenvalue weighted by atomic mass is 10.3. The summed E-state index contributed by atoms with van der Waals surface area (Å²) in [6.07, 6.45) is 0.412. The molecule has 0 atom stereocenters. The average Bonchev–Trinajstić information content (AvgIpc) is 1.95. The van der Waals surface area contributed by atoms with Gasteiger partial charge in [-0.3, -0.25) is 4.79 Å². The molecule has 1 aromatic rings. The molecule has 0 unspecified atom stereocenters. The van der Waals surface area contributed by atoms with Crippen molar-refractivity contribution in [1.29, 1.82) is 0 Å². The Bertz CT molecular complexity index is 275. The number of carbonyl (C=O) groups is 1. The molecule has 1 heterocycles. The molecule has 0 fully saturated rings. The van der Waals surface area contributed by atoms with Crippen LogP contribution in [-0.2, 0) is 4.79 Å². The van der Waals surface area contributed by atoms with Gasteiger partial charge in [-0.1, -0.05) is 0 Å². The molecule has 0 saturated heterocycles. The first kappa shape index (κ1) is 7.65. The van der Waals surface area contributed by atoms with E-state index in [2.05, 4.69) is 10.3 Å². The molecule has 1 rings (SSSR count). The number of hydrogen-bond acceptors (Lipinski definition) is 2. The number of anilines is 1. The number of aromatic nitrogens is 1. The van der Waals surface area contributed by atoms with Crippen LogP contribution in [0, 0.1) is 12.9 Å². The molecule has 0 aromatic carbocycles. The number of nitrogens with zero attached hydrogens (tertiary/aromatic N) is 1. The van der Waals surface area contributed by atoms with E-state index in [1.807, 2.05) is 0 Å². The minimum atomic E-state index is -0.655. The van der Waals surface area contributed by atoms with Crippen LogP contribution in [-0.4, -0.2) is 11.4 Å². The molecular weight excluding hydrogens is 147 g/mol. The fourth-order valence-corrected chi connectivity index (χ4v) is 0.696. The summed E-state index contributed by atoms with van der Waals surface area (Å²) >= 11 is 0. The lowest BCUT2D eigenvalue weighted by Crippen LogP contribution is -1.99. The van der Waals surface area contributed by atoms with Crippen molar-refractivity contribution in [3.05, 3.63) is 23.8 Å². The quantitative estimate of drug-likeness (QED) is 0.512. The number of rotatable bonds is 2. The smallest absolute Gasteiger partial charge is 0.236 e. The van der Waals surface area contributed by atoms with Gasteiger partial charge in [0, 0.05) is 5.69 Å². The van der Waals surface area contributed by atoms with Crippen LogP contribution in [0.2, 0.25) is 0 Å². The topological polar surface area (TPSA) is 42.0 Å². The standard InChI is InChI=1S/C7H7FN2O/c1-5-2-3-6(9-4-11)7(8)10-5/h2-4H,1H3,(H,9,11). The van der Waals surface area contributed by atoms with Gasteiger partial charge in [0.15, 0.2) is 0 Å². The zero-order valence-corrected chi connectivity index (χ0v) is 5.97. The largest absolute Gasteiger partial charge is 0.325 e. The molecular formula is C7H7FN2O. The number of aryl methyl sites for hydroxylation is 1. The number of nitrogens with one attached hydrogen (secondary N) is 1. The highest BCUT2D eigenvalue weighted by molar-refractivity contribution is 5.70. The Hall–Kier alpha value is -1.45. The summed E-state index contributed by atoms with van der Waals surface area (Å²) in [7, 11) is 0. The Labute approximate surface area is 63.3 Å². The van der Waals surface area contributed by atoms with Gasteiger partial charge >= 0.3 is 0 Å². The molecule has 0 saturated carbocycles. The fraction of sp³-hybridized carbons (Fsp3) is 0.143. The van der Waals surface area contributed by atoms with Crippen LogP contribution >= 0.6 is 0 Å². The van der Waals surface area contributed by atoms with E-state index in [4.69, 9.17) is 0 Å². The highest BCUT2D eigenvalue weighted by atomic mass is 19.1. The number of pyridine rings is 1. The molecule has 0 bridgehead atoms. The predicted molar refractivity (Wildman–Crippen MR) is 38.6 cm³/mol. The predicted octanol–water partition coefficient (Wildman–Crippen LogP) is 1.10. The van der Waals surface area contributed by atoms with Crippen LogP contribution in [0.1, 0.15) is 5.69 Å². The number of carbonyl (C=O) groups excluding carboxylic acids is 1. The molecule has 0 aliphatic carbocycles. The summed E-state index contributed by atoms with van der Waals surface area (Å²) in [5.74, 6) is -0.655. The third-order valence-electron chi connectivity index (χ3n) is 1.20. The molecule has 0 radical (unpaired) electrons. The second kappa shape index (κ2) is 3.09. The normalized spacial score (nSPS) is 9.27. The highest BCUT2D eigenvalue weighted by Crippen LogP contribution is 2.09. The van der Waals surface area contributed by atoms with E-state index < -0.39 is 5.95 Å². The Morgan fingerprint density at radius 3 is 2.91 bits per heavy atom. The Kier molecular flexibility index (Phi) is 2.15. The molecule has 3 nitrogen and oxygen atoms in total. The summed E-state index contributed by atoms with van der Waals surface area (Å²) in [6, 6.07) is 3.08. The number of hydrogen-bond donors (Lipinski definition) is 1. The van der Waals surface area contributed by atoms with E-state index in [0.29, 0.717) is 12.1 Å². The van der Waals surface area contributed by atoms with Crippen molar-refractivity contribution in [2.45, 2.75) is 6.92 Å². The highest BCUT2D eigenvalue weighted by Gasteiger charge is 2.00. The lowest BCUT2D eigenvalue weighted by molar-refractivity contribution is -0.105. The zero-order chi connectivity index (χ0) is 8.27. The maximum Gasteiger partial charge on any atom is 0.236 e. The van der Waals surface area contributed by atoms with Crippen LogP contribution in [0.25, 0.3) is 0 Å². The second-order valence-corrected chi connectivity index (χ2v) is 2.05. The zero-order valence-electron chi connectivity index (χ0n) is 5.97. The van der Waals surface area contributed by atoms with E-state index in [9.17, 15) is 9.18 Å². The van der Waals surface area contributed by atoms with Gasteiger partial charge in [0.05, 0.1) is 5.69 Å². The Balaban J connectivity index is 2.98. The van der Waals surface area contributed by atoms with Crippen LogP contribution in [0.3, 0.4) is 0 Å². The van der Waals surface area contributed by atoms with E-state index in [0.717, 1.165) is 0 Å². The first-order valence-corrected chi connectivity index (χ1v) is 3.07. The minimum Gasteiger partial charge on any atom is -0.325 e. The third kappa shape index (κ3) is 1.73. The minimum absolute atomic E-state index is 0.102.